The minimum atomic E-state index is -0.832. The Hall–Kier alpha value is -2.04. The number of amides is 1. The molecule has 0 N–H and O–H groups in total. The summed E-state index contributed by atoms with van der Waals surface area (Å²) >= 11 is 0. The minimum absolute atomic E-state index is 0.381. The van der Waals surface area contributed by atoms with E-state index in [0.717, 1.165) is 17.7 Å². The van der Waals surface area contributed by atoms with E-state index < -0.39 is 11.9 Å². The number of esters is 1. The summed E-state index contributed by atoms with van der Waals surface area (Å²) in [4.78, 5) is 24.6. The van der Waals surface area contributed by atoms with Gasteiger partial charge in [0, 0.05) is 13.1 Å². The van der Waals surface area contributed by atoms with Crippen molar-refractivity contribution in [2.24, 2.45) is 0 Å². The van der Waals surface area contributed by atoms with E-state index in [1.165, 1.54) is 12.0 Å². The van der Waals surface area contributed by atoms with Crippen molar-refractivity contribution < 1.29 is 19.1 Å². The summed E-state index contributed by atoms with van der Waals surface area (Å²) in [5, 5.41) is 0. The van der Waals surface area contributed by atoms with Crippen molar-refractivity contribution in [1.29, 1.82) is 0 Å². The molecule has 0 heterocycles. The summed E-state index contributed by atoms with van der Waals surface area (Å²) in [6.07, 6.45) is 0.777. The van der Waals surface area contributed by atoms with Gasteiger partial charge in [0.15, 0.2) is 0 Å². The van der Waals surface area contributed by atoms with Crippen LogP contribution in [0.3, 0.4) is 0 Å². The van der Waals surface area contributed by atoms with Gasteiger partial charge in [0.05, 0.1) is 14.2 Å². The molecule has 5 heteroatoms. The van der Waals surface area contributed by atoms with Crippen molar-refractivity contribution in [3.63, 3.8) is 0 Å². The third-order valence-electron chi connectivity index (χ3n) is 2.67. The lowest BCUT2D eigenvalue weighted by atomic mass is 10.2. The van der Waals surface area contributed by atoms with Gasteiger partial charge >= 0.3 is 11.9 Å². The molecule has 0 saturated heterocycles. The van der Waals surface area contributed by atoms with Crippen LogP contribution in [0.5, 0.6) is 5.75 Å². The summed E-state index contributed by atoms with van der Waals surface area (Å²) in [7, 11) is 2.80. The third-order valence-corrected chi connectivity index (χ3v) is 2.67. The molecule has 0 spiro atoms. The van der Waals surface area contributed by atoms with Crippen LogP contribution in [0.15, 0.2) is 24.3 Å². The van der Waals surface area contributed by atoms with Gasteiger partial charge in [-0.15, -0.1) is 0 Å². The number of methoxy groups -OCH3 is 2. The molecule has 0 bridgehead atoms. The van der Waals surface area contributed by atoms with Crippen molar-refractivity contribution in [1.82, 2.24) is 4.90 Å². The quantitative estimate of drug-likeness (QED) is 0.599. The Morgan fingerprint density at radius 2 is 1.79 bits per heavy atom. The zero-order valence-corrected chi connectivity index (χ0v) is 11.5. The number of carbonyl (C=O) groups excluding carboxylic acids is 2. The van der Waals surface area contributed by atoms with E-state index in [1.807, 2.05) is 31.2 Å². The first-order valence-electron chi connectivity index (χ1n) is 6.12. The first kappa shape index (κ1) is 15.0. The molecule has 1 rings (SSSR count). The van der Waals surface area contributed by atoms with Gasteiger partial charge in [-0.3, -0.25) is 4.79 Å². The van der Waals surface area contributed by atoms with E-state index in [4.69, 9.17) is 4.74 Å². The van der Waals surface area contributed by atoms with E-state index in [9.17, 15) is 9.59 Å². The van der Waals surface area contributed by atoms with E-state index in [-0.39, 0.29) is 0 Å². The van der Waals surface area contributed by atoms with Crippen LogP contribution in [0.25, 0.3) is 0 Å². The van der Waals surface area contributed by atoms with Gasteiger partial charge < -0.3 is 14.4 Å². The lowest BCUT2D eigenvalue weighted by Gasteiger charge is -2.20. The summed E-state index contributed by atoms with van der Waals surface area (Å²) < 4.78 is 9.53. The van der Waals surface area contributed by atoms with Crippen molar-refractivity contribution in [3.8, 4) is 5.75 Å². The molecule has 0 fully saturated rings. The number of carbonyl (C=O) groups is 2. The monoisotopic (exact) mass is 265 g/mol. The number of hydrogen-bond acceptors (Lipinski definition) is 4. The van der Waals surface area contributed by atoms with Crippen LogP contribution in [0, 0.1) is 0 Å². The van der Waals surface area contributed by atoms with Crippen molar-refractivity contribution in [3.05, 3.63) is 29.8 Å². The van der Waals surface area contributed by atoms with Gasteiger partial charge in [0.2, 0.25) is 0 Å². The molecule has 0 atom stereocenters. The number of nitrogens with zero attached hydrogens (tertiary/aromatic N) is 1. The zero-order chi connectivity index (χ0) is 14.3. The van der Waals surface area contributed by atoms with E-state index >= 15 is 0 Å². The van der Waals surface area contributed by atoms with E-state index in [0.29, 0.717) is 13.1 Å². The second-order valence-electron chi connectivity index (χ2n) is 4.07. The Kier molecular flexibility index (Phi) is 5.85. The molecule has 0 radical (unpaired) electrons. The lowest BCUT2D eigenvalue weighted by Crippen LogP contribution is -2.37. The molecule has 0 saturated carbocycles. The summed E-state index contributed by atoms with van der Waals surface area (Å²) in [5.41, 5.74) is 0.937. The predicted octanol–water partition coefficient (Wildman–Crippen LogP) is 1.61. The van der Waals surface area contributed by atoms with Crippen molar-refractivity contribution in [2.45, 2.75) is 19.9 Å². The highest BCUT2D eigenvalue weighted by atomic mass is 16.5. The fourth-order valence-corrected chi connectivity index (χ4v) is 1.69. The van der Waals surface area contributed by atoms with Crippen LogP contribution in [0.2, 0.25) is 0 Å². The number of ether oxygens (including phenoxy) is 2. The largest absolute Gasteiger partial charge is 0.497 e. The minimum Gasteiger partial charge on any atom is -0.497 e. The molecule has 0 unspecified atom stereocenters. The first-order valence-corrected chi connectivity index (χ1v) is 6.12. The van der Waals surface area contributed by atoms with Gasteiger partial charge in [-0.05, 0) is 24.1 Å². The molecule has 0 aromatic heterocycles. The lowest BCUT2D eigenvalue weighted by molar-refractivity contribution is -0.158. The van der Waals surface area contributed by atoms with Gasteiger partial charge in [-0.25, -0.2) is 4.79 Å². The Bertz CT molecular complexity index is 428. The zero-order valence-electron chi connectivity index (χ0n) is 11.5. The van der Waals surface area contributed by atoms with Crippen LogP contribution in [0.4, 0.5) is 0 Å². The van der Waals surface area contributed by atoms with Crippen LogP contribution in [-0.4, -0.2) is 37.5 Å². The van der Waals surface area contributed by atoms with Crippen LogP contribution >= 0.6 is 0 Å². The smallest absolute Gasteiger partial charge is 0.396 e. The topological polar surface area (TPSA) is 55.8 Å². The molecule has 5 nitrogen and oxygen atoms in total. The molecular formula is C14H19NO4. The summed E-state index contributed by atoms with van der Waals surface area (Å²) in [5.74, 6) is -0.688. The molecule has 1 aromatic carbocycles. The van der Waals surface area contributed by atoms with Crippen molar-refractivity contribution in [2.75, 3.05) is 20.8 Å². The average molecular weight is 265 g/mol. The molecule has 0 aliphatic carbocycles. The molecule has 104 valence electrons. The van der Waals surface area contributed by atoms with E-state index in [2.05, 4.69) is 4.74 Å². The van der Waals surface area contributed by atoms with Crippen molar-refractivity contribution >= 4 is 11.9 Å². The Morgan fingerprint density at radius 1 is 1.16 bits per heavy atom. The molecular weight excluding hydrogens is 246 g/mol. The number of rotatable bonds is 5. The predicted molar refractivity (Wildman–Crippen MR) is 70.7 cm³/mol. The molecule has 19 heavy (non-hydrogen) atoms. The van der Waals surface area contributed by atoms with Crippen LogP contribution in [0.1, 0.15) is 18.9 Å². The Labute approximate surface area is 113 Å². The number of benzene rings is 1. The summed E-state index contributed by atoms with van der Waals surface area (Å²) in [6.45, 7) is 2.84. The maximum Gasteiger partial charge on any atom is 0.396 e. The van der Waals surface area contributed by atoms with Gasteiger partial charge in [0.1, 0.15) is 5.75 Å². The second kappa shape index (κ2) is 7.41. The molecule has 0 aliphatic heterocycles. The Morgan fingerprint density at radius 3 is 2.26 bits per heavy atom. The number of hydrogen-bond donors (Lipinski definition) is 0. The highest BCUT2D eigenvalue weighted by molar-refractivity contribution is 6.32. The van der Waals surface area contributed by atoms with Crippen LogP contribution in [-0.2, 0) is 20.9 Å². The van der Waals surface area contributed by atoms with Gasteiger partial charge in [-0.1, -0.05) is 19.1 Å². The third kappa shape index (κ3) is 4.28. The first-order chi connectivity index (χ1) is 9.12. The standard InChI is InChI=1S/C14H19NO4/c1-4-9-15(13(16)14(17)19-3)10-11-5-7-12(18-2)8-6-11/h5-8H,4,9-10H2,1-3H3. The van der Waals surface area contributed by atoms with Crippen LogP contribution < -0.4 is 4.74 Å². The molecule has 1 amide bonds. The summed E-state index contributed by atoms with van der Waals surface area (Å²) in [6, 6.07) is 7.38. The second-order valence-corrected chi connectivity index (χ2v) is 4.07. The van der Waals surface area contributed by atoms with Gasteiger partial charge in [-0.2, -0.15) is 0 Å². The fraction of sp³-hybridized carbons (Fsp3) is 0.429. The Balaban J connectivity index is 2.76. The maximum atomic E-state index is 11.8. The maximum absolute atomic E-state index is 11.8. The van der Waals surface area contributed by atoms with Gasteiger partial charge in [0.25, 0.3) is 0 Å². The SMILES string of the molecule is CCCN(Cc1ccc(OC)cc1)C(=O)C(=O)OC. The fourth-order valence-electron chi connectivity index (χ4n) is 1.69. The van der Waals surface area contributed by atoms with E-state index in [1.54, 1.807) is 7.11 Å². The normalized spacial score (nSPS) is 9.84. The molecule has 0 aliphatic rings. The highest BCUT2D eigenvalue weighted by Gasteiger charge is 2.21. The molecule has 1 aromatic rings. The average Bonchev–Trinajstić information content (AvgIpc) is 2.46. The highest BCUT2D eigenvalue weighted by Crippen LogP contribution is 2.13.